The Morgan fingerprint density at radius 2 is 1.88 bits per heavy atom. The van der Waals surface area contributed by atoms with Gasteiger partial charge >= 0.3 is 164 Å². The molecule has 0 aromatic heterocycles. The minimum atomic E-state index is -1.87. The zero-order valence-electron chi connectivity index (χ0n) is 17.6. The molecule has 0 saturated carbocycles. The Bertz CT molecular complexity index is 531. The molecule has 0 N–H and O–H groups in total. The first-order chi connectivity index (χ1) is 11.2. The second-order valence-electron chi connectivity index (χ2n) is 9.76. The van der Waals surface area contributed by atoms with Gasteiger partial charge in [0.25, 0.3) is 0 Å². The van der Waals surface area contributed by atoms with Crippen molar-refractivity contribution in [2.45, 2.75) is 87.9 Å². The zero-order chi connectivity index (χ0) is 19.6. The van der Waals surface area contributed by atoms with E-state index in [-0.39, 0.29) is 23.0 Å². The Hall–Kier alpha value is -0.0968. The van der Waals surface area contributed by atoms with Gasteiger partial charge in [-0.15, -0.1) is 0 Å². The van der Waals surface area contributed by atoms with E-state index in [1.54, 1.807) is 6.20 Å². The molecule has 0 aromatic carbocycles. The molecule has 1 heterocycles. The topological polar surface area (TPSA) is 29.5 Å². The third-order valence-corrected chi connectivity index (χ3v) is 15.1. The van der Waals surface area contributed by atoms with Gasteiger partial charge in [-0.25, -0.2) is 0 Å². The molecule has 144 valence electrons. The van der Waals surface area contributed by atoms with Crippen LogP contribution in [0.25, 0.3) is 0 Å². The van der Waals surface area contributed by atoms with Crippen molar-refractivity contribution in [3.8, 4) is 0 Å². The molecule has 0 radical (unpaired) electrons. The molecule has 3 nitrogen and oxygen atoms in total. The first-order valence-electron chi connectivity index (χ1n) is 9.19. The summed E-state index contributed by atoms with van der Waals surface area (Å²) in [6.07, 6.45) is 1.72. The van der Waals surface area contributed by atoms with E-state index in [9.17, 15) is 4.79 Å². The Kier molecular flexibility index (Phi) is 7.60. The van der Waals surface area contributed by atoms with Crippen LogP contribution >= 0.6 is 0 Å². The summed E-state index contributed by atoms with van der Waals surface area (Å²) in [6.45, 7) is 24.3. The summed E-state index contributed by atoms with van der Waals surface area (Å²) in [7, 11) is -2.90. The van der Waals surface area contributed by atoms with Crippen molar-refractivity contribution in [2.24, 2.45) is 5.92 Å². The summed E-state index contributed by atoms with van der Waals surface area (Å²) in [5.41, 5.74) is 2.79. The minimum absolute atomic E-state index is 0.000333. The van der Waals surface area contributed by atoms with Gasteiger partial charge < -0.3 is 0 Å². The quantitative estimate of drug-likeness (QED) is 0.300. The van der Waals surface area contributed by atoms with Gasteiger partial charge in [-0.1, -0.05) is 0 Å². The molecule has 1 rings (SSSR count). The maximum atomic E-state index is 12.7. The molecule has 1 fully saturated rings. The van der Waals surface area contributed by atoms with Crippen molar-refractivity contribution in [1.82, 2.24) is 4.90 Å². The van der Waals surface area contributed by atoms with Crippen molar-refractivity contribution >= 4 is 37.3 Å². The van der Waals surface area contributed by atoms with E-state index in [1.165, 1.54) is 11.4 Å². The van der Waals surface area contributed by atoms with Crippen LogP contribution < -0.4 is 0 Å². The van der Waals surface area contributed by atoms with Crippen LogP contribution in [0.3, 0.4) is 0 Å². The summed E-state index contributed by atoms with van der Waals surface area (Å²) < 4.78 is 6.54. The van der Waals surface area contributed by atoms with Gasteiger partial charge in [0.05, 0.1) is 0 Å². The van der Waals surface area contributed by atoms with Crippen LogP contribution in [0.4, 0.5) is 0 Å². The number of nitrogens with zero attached hydrogens (tertiary/aromatic N) is 1. The van der Waals surface area contributed by atoms with Gasteiger partial charge in [0, 0.05) is 0 Å². The third kappa shape index (κ3) is 5.95. The number of likely N-dealkylation sites (tertiary alicyclic amines) is 1. The number of carbonyl (C=O) groups is 1. The fourth-order valence-corrected chi connectivity index (χ4v) is 11.7. The Morgan fingerprint density at radius 1 is 1.32 bits per heavy atom. The summed E-state index contributed by atoms with van der Waals surface area (Å²) in [5, 5.41) is 1.40. The molecule has 25 heavy (non-hydrogen) atoms. The molecule has 6 heteroatoms. The van der Waals surface area contributed by atoms with Crippen molar-refractivity contribution in [1.29, 1.82) is 0 Å². The average Bonchev–Trinajstić information content (AvgIpc) is 2.40. The maximum absolute atomic E-state index is 12.7. The van der Waals surface area contributed by atoms with Crippen LogP contribution in [-0.2, 0) is 9.22 Å². The van der Waals surface area contributed by atoms with Crippen molar-refractivity contribution < 1.29 is 9.22 Å². The predicted octanol–water partition coefficient (Wildman–Crippen LogP) is 4.94. The SMILES string of the molecule is C=C=CN1C(=O)[C@H]([C@@H](C)O[Si](C)(C)C(C)(C)C)[C@H]1[Se]CC[Si](C)(C)C. The normalized spacial score (nSPS) is 23.1. The number of amides is 1. The first-order valence-corrected chi connectivity index (χ1v) is 18.0. The van der Waals surface area contributed by atoms with Crippen molar-refractivity contribution in [2.75, 3.05) is 0 Å². The second kappa shape index (κ2) is 8.28. The standard InChI is InChI=1S/C19H37NO2SeSi2/c1-11-12-20-17(21)16(18(20)23-13-14-24(6,7)8)15(2)22-25(9,10)19(3,4)5/h12,15-16,18H,1,13-14H2,2-10H3/t15-,16+,18-/m1/s1. The summed E-state index contributed by atoms with van der Waals surface area (Å²) in [6, 6.07) is 1.33. The molecule has 3 atom stereocenters. The van der Waals surface area contributed by atoms with Gasteiger partial charge in [-0.2, -0.15) is 0 Å². The van der Waals surface area contributed by atoms with E-state index in [0.29, 0.717) is 19.9 Å². The van der Waals surface area contributed by atoms with Crippen molar-refractivity contribution in [3.63, 3.8) is 0 Å². The van der Waals surface area contributed by atoms with Crippen LogP contribution in [0.2, 0.25) is 49.1 Å². The number of hydrogen-bond donors (Lipinski definition) is 0. The van der Waals surface area contributed by atoms with Crippen LogP contribution in [0.1, 0.15) is 27.7 Å². The molecule has 0 unspecified atom stereocenters. The molecule has 0 aliphatic carbocycles. The summed E-state index contributed by atoms with van der Waals surface area (Å²) in [4.78, 5) is 14.8. The van der Waals surface area contributed by atoms with E-state index < -0.39 is 16.4 Å². The molecule has 1 saturated heterocycles. The fourth-order valence-electron chi connectivity index (χ4n) is 2.56. The Labute approximate surface area is 163 Å². The van der Waals surface area contributed by atoms with Crippen LogP contribution in [0, 0.1) is 5.92 Å². The Balaban J connectivity index is 2.84. The van der Waals surface area contributed by atoms with Crippen LogP contribution in [-0.4, -0.2) is 53.2 Å². The molecule has 1 amide bonds. The van der Waals surface area contributed by atoms with Crippen LogP contribution in [0.15, 0.2) is 18.5 Å². The molecular weight excluding hydrogens is 409 g/mol. The van der Waals surface area contributed by atoms with E-state index in [4.69, 9.17) is 4.43 Å². The van der Waals surface area contributed by atoms with Gasteiger partial charge in [-0.05, 0) is 0 Å². The molecule has 0 bridgehead atoms. The molecule has 1 aliphatic heterocycles. The van der Waals surface area contributed by atoms with Gasteiger partial charge in [0.1, 0.15) is 0 Å². The molecule has 1 aliphatic rings. The summed E-state index contributed by atoms with van der Waals surface area (Å²) in [5.74, 6) is 0.183. The van der Waals surface area contributed by atoms with E-state index >= 15 is 0 Å². The van der Waals surface area contributed by atoms with Crippen LogP contribution in [0.5, 0.6) is 0 Å². The number of carbonyl (C=O) groups excluding carboxylic acids is 1. The van der Waals surface area contributed by atoms with Gasteiger partial charge in [0.2, 0.25) is 0 Å². The van der Waals surface area contributed by atoms with E-state index in [0.717, 1.165) is 0 Å². The molecule has 0 aromatic rings. The zero-order valence-corrected chi connectivity index (χ0v) is 21.3. The fraction of sp³-hybridized carbons (Fsp3) is 0.789. The number of rotatable bonds is 8. The first kappa shape index (κ1) is 22.9. The second-order valence-corrected chi connectivity index (χ2v) is 22.7. The monoisotopic (exact) mass is 447 g/mol. The summed E-state index contributed by atoms with van der Waals surface area (Å²) >= 11 is 0.414. The van der Waals surface area contributed by atoms with Gasteiger partial charge in [-0.3, -0.25) is 0 Å². The number of hydrogen-bond acceptors (Lipinski definition) is 2. The average molecular weight is 447 g/mol. The van der Waals surface area contributed by atoms with E-state index in [1.807, 2.05) is 4.90 Å². The molecule has 0 spiro atoms. The predicted molar refractivity (Wildman–Crippen MR) is 114 cm³/mol. The third-order valence-electron chi connectivity index (χ3n) is 5.28. The molecular formula is C19H37NO2SeSi2. The van der Waals surface area contributed by atoms with Gasteiger partial charge in [0.15, 0.2) is 0 Å². The van der Waals surface area contributed by atoms with E-state index in [2.05, 4.69) is 72.7 Å². The Morgan fingerprint density at radius 3 is 2.32 bits per heavy atom. The number of β-lactam (4-membered cyclic amide) rings is 1. The van der Waals surface area contributed by atoms with Crippen molar-refractivity contribution in [3.05, 3.63) is 18.5 Å².